The van der Waals surface area contributed by atoms with Crippen LogP contribution in [0, 0.1) is 12.8 Å². The van der Waals surface area contributed by atoms with Gasteiger partial charge in [0.15, 0.2) is 17.0 Å². The Morgan fingerprint density at radius 1 is 0.962 bits per heavy atom. The maximum Gasteiger partial charge on any atom is 0.344 e. The van der Waals surface area contributed by atoms with Crippen LogP contribution in [0.4, 0.5) is 0 Å². The van der Waals surface area contributed by atoms with Crippen LogP contribution in [0.15, 0.2) is 48.8 Å². The number of ether oxygens (including phenoxy) is 3. The van der Waals surface area contributed by atoms with Crippen molar-refractivity contribution in [2.75, 3.05) is 0 Å². The van der Waals surface area contributed by atoms with Crippen LogP contribution in [-0.2, 0) is 31.7 Å². The highest BCUT2D eigenvalue weighted by Gasteiger charge is 2.72. The highest BCUT2D eigenvalue weighted by molar-refractivity contribution is 6.24. The lowest BCUT2D eigenvalue weighted by molar-refractivity contribution is -0.246. The third-order valence-corrected chi connectivity index (χ3v) is 11.8. The summed E-state index contributed by atoms with van der Waals surface area (Å²) in [6.07, 6.45) is -8.81. The topological polar surface area (TPSA) is 240 Å². The summed E-state index contributed by atoms with van der Waals surface area (Å²) < 4.78 is 29.7. The number of aliphatic hydroxyl groups excluding tert-OH is 1. The molecule has 2 aromatic heterocycles. The molecule has 53 heavy (non-hydrogen) atoms. The average Bonchev–Trinajstić information content (AvgIpc) is 3.07. The number of fused-ring (bicyclic) bond motifs is 5. The van der Waals surface area contributed by atoms with Crippen molar-refractivity contribution in [2.24, 2.45) is 5.92 Å². The summed E-state index contributed by atoms with van der Waals surface area (Å²) in [7, 11) is 0. The molecule has 274 valence electrons. The van der Waals surface area contributed by atoms with Crippen LogP contribution >= 0.6 is 0 Å². The number of aliphatic hydroxyl groups is 2. The summed E-state index contributed by atoms with van der Waals surface area (Å²) in [5.41, 5.74) is -7.51. The average molecular weight is 729 g/mol. The molecule has 4 aliphatic heterocycles. The number of carbonyl (C=O) groups excluding carboxylic acids is 2. The largest absolute Gasteiger partial charge is 0.507 e. The first-order valence-electron chi connectivity index (χ1n) is 17.1. The number of carboxylic acid groups (broad SMARTS) is 1. The SMILES string of the molecule is Cc1cc(=O)c2c(Cc3cc4c(c(=O)o3)C35C(=O)c6c(O)c7c(c(O)c6C(=O)C3C(O4)C(CC(=O)O)OC5C)C3CC(O)C7(O)C(C)O3)cccc2o1. The second kappa shape index (κ2) is 10.9. The first-order valence-corrected chi connectivity index (χ1v) is 17.1. The number of Topliss-reactive ketones (excluding diaryl/α,β-unsaturated/α-hetero) is 2. The van der Waals surface area contributed by atoms with E-state index in [0.717, 1.165) is 0 Å². The van der Waals surface area contributed by atoms with E-state index in [0.29, 0.717) is 16.9 Å². The molecule has 15 nitrogen and oxygen atoms in total. The number of carboxylic acids is 1. The molecule has 2 saturated heterocycles. The fourth-order valence-electron chi connectivity index (χ4n) is 9.66. The van der Waals surface area contributed by atoms with Crippen LogP contribution in [-0.4, -0.2) is 73.6 Å². The standard InChI is InChI=1S/C38H32O15/c1-12-7-17(39)24-15(5-4-6-18(24)49-12)8-16-9-20-28(36(47)52-16)37-13(2)50-21(11-23(41)42)34(53-20)30(37)32(44)26-27(35(37)46)33(45)29-25(31(26)43)19-10-22(40)38(29,48)14(3)51-19/h4-7,9,13-14,19,21-22,30,34,40,43,45,48H,8,10-11H2,1-3H3,(H,41,42). The van der Waals surface area contributed by atoms with E-state index in [1.54, 1.807) is 25.1 Å². The van der Waals surface area contributed by atoms with Crippen LogP contribution in [0.2, 0.25) is 0 Å². The fourth-order valence-corrected chi connectivity index (χ4v) is 9.66. The number of phenols is 2. The quantitative estimate of drug-likeness (QED) is 0.190. The molecule has 0 radical (unpaired) electrons. The molecule has 9 unspecified atom stereocenters. The first kappa shape index (κ1) is 33.5. The molecule has 2 aromatic carbocycles. The Morgan fingerprint density at radius 2 is 1.72 bits per heavy atom. The van der Waals surface area contributed by atoms with Gasteiger partial charge in [0.25, 0.3) is 0 Å². The van der Waals surface area contributed by atoms with Gasteiger partial charge in [-0.25, -0.2) is 4.79 Å². The molecule has 0 saturated carbocycles. The van der Waals surface area contributed by atoms with Crippen molar-refractivity contribution >= 4 is 28.5 Å². The van der Waals surface area contributed by atoms with Crippen LogP contribution < -0.4 is 15.8 Å². The van der Waals surface area contributed by atoms with Crippen molar-refractivity contribution in [3.8, 4) is 17.2 Å². The molecule has 2 fully saturated rings. The Hall–Kier alpha value is -5.35. The molecule has 10 rings (SSSR count). The molecule has 0 spiro atoms. The minimum Gasteiger partial charge on any atom is -0.507 e. The molecule has 9 atom stereocenters. The predicted molar refractivity (Wildman–Crippen MR) is 177 cm³/mol. The number of aliphatic carboxylic acids is 1. The molecule has 4 bridgehead atoms. The van der Waals surface area contributed by atoms with E-state index in [-0.39, 0.29) is 46.3 Å². The van der Waals surface area contributed by atoms with Crippen LogP contribution in [0.3, 0.4) is 0 Å². The minimum atomic E-state index is -2.29. The van der Waals surface area contributed by atoms with E-state index in [9.17, 15) is 44.7 Å². The number of aromatic hydroxyl groups is 2. The zero-order chi connectivity index (χ0) is 37.6. The molecule has 15 heteroatoms. The second-order valence-corrected chi connectivity index (χ2v) is 14.5. The van der Waals surface area contributed by atoms with Gasteiger partial charge in [-0.1, -0.05) is 12.1 Å². The molecule has 6 heterocycles. The van der Waals surface area contributed by atoms with Crippen molar-refractivity contribution in [2.45, 2.75) is 87.7 Å². The second-order valence-electron chi connectivity index (χ2n) is 14.5. The molecule has 5 N–H and O–H groups in total. The number of rotatable bonds is 4. The Morgan fingerprint density at radius 3 is 2.43 bits per heavy atom. The number of phenolic OH excluding ortho intramolecular Hbond substituents is 2. The Bertz CT molecular complexity index is 2460. The van der Waals surface area contributed by atoms with Gasteiger partial charge in [0, 0.05) is 36.1 Å². The molecular weight excluding hydrogens is 696 g/mol. The summed E-state index contributed by atoms with van der Waals surface area (Å²) in [5.74, 6) is -6.37. The van der Waals surface area contributed by atoms with Gasteiger partial charge in [-0.2, -0.15) is 0 Å². The minimum absolute atomic E-state index is 0.00303. The smallest absolute Gasteiger partial charge is 0.344 e. The lowest BCUT2D eigenvalue weighted by Crippen LogP contribution is -2.71. The highest BCUT2D eigenvalue weighted by atomic mass is 16.6. The number of aryl methyl sites for hydroxylation is 1. The molecule has 2 aliphatic carbocycles. The Labute approximate surface area is 297 Å². The molecule has 6 aliphatic rings. The first-order chi connectivity index (χ1) is 25.1. The monoisotopic (exact) mass is 728 g/mol. The number of benzene rings is 2. The van der Waals surface area contributed by atoms with Gasteiger partial charge >= 0.3 is 11.6 Å². The normalized spacial score (nSPS) is 32.1. The predicted octanol–water partition coefficient (Wildman–Crippen LogP) is 2.42. The van der Waals surface area contributed by atoms with Crippen molar-refractivity contribution in [3.63, 3.8) is 0 Å². The Balaban J connectivity index is 1.28. The van der Waals surface area contributed by atoms with Crippen molar-refractivity contribution in [3.05, 3.63) is 95.9 Å². The van der Waals surface area contributed by atoms with Gasteiger partial charge in [-0.05, 0) is 32.4 Å². The highest BCUT2D eigenvalue weighted by Crippen LogP contribution is 2.63. The van der Waals surface area contributed by atoms with Crippen molar-refractivity contribution in [1.82, 2.24) is 0 Å². The summed E-state index contributed by atoms with van der Waals surface area (Å²) in [6, 6.07) is 7.59. The van der Waals surface area contributed by atoms with E-state index in [1.165, 1.54) is 26.0 Å². The molecule has 0 amide bonds. The summed E-state index contributed by atoms with van der Waals surface area (Å²) >= 11 is 0. The molecule has 4 aromatic rings. The van der Waals surface area contributed by atoms with E-state index in [2.05, 4.69) is 0 Å². The van der Waals surface area contributed by atoms with E-state index >= 15 is 4.79 Å². The fraction of sp³-hybridized carbons (Fsp3) is 0.395. The van der Waals surface area contributed by atoms with Gasteiger partial charge in [-0.15, -0.1) is 0 Å². The number of hydrogen-bond acceptors (Lipinski definition) is 14. The Kier molecular flexibility index (Phi) is 6.86. The zero-order valence-electron chi connectivity index (χ0n) is 28.4. The van der Waals surface area contributed by atoms with Crippen LogP contribution in [0.5, 0.6) is 17.2 Å². The van der Waals surface area contributed by atoms with Gasteiger partial charge in [0.2, 0.25) is 0 Å². The van der Waals surface area contributed by atoms with Crippen molar-refractivity contribution in [1.29, 1.82) is 0 Å². The van der Waals surface area contributed by atoms with Gasteiger partial charge in [-0.3, -0.25) is 19.2 Å². The van der Waals surface area contributed by atoms with Gasteiger partial charge in [0.1, 0.15) is 57.6 Å². The maximum atomic E-state index is 15.2. The van der Waals surface area contributed by atoms with E-state index in [1.807, 2.05) is 0 Å². The lowest BCUT2D eigenvalue weighted by atomic mass is 9.52. The van der Waals surface area contributed by atoms with Gasteiger partial charge < -0.3 is 48.6 Å². The van der Waals surface area contributed by atoms with Crippen LogP contribution in [0.25, 0.3) is 11.0 Å². The lowest BCUT2D eigenvalue weighted by Gasteiger charge is -2.57. The summed E-state index contributed by atoms with van der Waals surface area (Å²) in [6.45, 7) is 4.47. The zero-order valence-corrected chi connectivity index (χ0v) is 28.4. The van der Waals surface area contributed by atoms with Gasteiger partial charge in [0.05, 0.1) is 58.8 Å². The summed E-state index contributed by atoms with van der Waals surface area (Å²) in [4.78, 5) is 69.3. The van der Waals surface area contributed by atoms with Crippen LogP contribution in [0.1, 0.15) is 87.3 Å². The molecular formula is C38H32O15. The summed E-state index contributed by atoms with van der Waals surface area (Å²) in [5, 5.41) is 56.4. The number of ketones is 2. The van der Waals surface area contributed by atoms with E-state index in [4.69, 9.17) is 23.0 Å². The van der Waals surface area contributed by atoms with E-state index < -0.39 is 111 Å². The number of hydrogen-bond donors (Lipinski definition) is 5. The van der Waals surface area contributed by atoms with Crippen molar-refractivity contribution < 1.29 is 63.0 Å². The third kappa shape index (κ3) is 4.10. The third-order valence-electron chi connectivity index (χ3n) is 11.8. The number of carbonyl (C=O) groups is 3. The maximum absolute atomic E-state index is 15.2.